The minimum absolute atomic E-state index is 0.141. The van der Waals surface area contributed by atoms with E-state index in [2.05, 4.69) is 10.2 Å². The summed E-state index contributed by atoms with van der Waals surface area (Å²) >= 11 is 0. The summed E-state index contributed by atoms with van der Waals surface area (Å²) in [7, 11) is -1.73. The van der Waals surface area contributed by atoms with Gasteiger partial charge >= 0.3 is 5.97 Å². The largest absolute Gasteiger partial charge is 0.462 e. The van der Waals surface area contributed by atoms with Gasteiger partial charge in [-0.05, 0) is 62.9 Å². The number of sulfonamides is 1. The third kappa shape index (κ3) is 5.30. The number of likely N-dealkylation sites (N-methyl/N-ethyl adjacent to an activating group) is 1. The number of rotatable bonds is 6. The van der Waals surface area contributed by atoms with Crippen molar-refractivity contribution in [3.8, 4) is 0 Å². The number of nitrogens with zero attached hydrogens (tertiary/aromatic N) is 2. The van der Waals surface area contributed by atoms with Crippen LogP contribution in [0.2, 0.25) is 0 Å². The van der Waals surface area contributed by atoms with Gasteiger partial charge in [-0.25, -0.2) is 13.2 Å². The van der Waals surface area contributed by atoms with Crippen LogP contribution in [0.4, 0.5) is 5.69 Å². The molecule has 0 radical (unpaired) electrons. The number of hydrogen-bond donors (Lipinski definition) is 1. The molecule has 0 aromatic heterocycles. The molecule has 1 N–H and O–H groups in total. The third-order valence-electron chi connectivity index (χ3n) is 5.18. The summed E-state index contributed by atoms with van der Waals surface area (Å²) in [6.07, 6.45) is 0. The van der Waals surface area contributed by atoms with Crippen molar-refractivity contribution < 1.29 is 22.7 Å². The highest BCUT2D eigenvalue weighted by Gasteiger charge is 2.29. The molecule has 2 aromatic carbocycles. The van der Waals surface area contributed by atoms with Crippen LogP contribution in [0.15, 0.2) is 47.4 Å². The summed E-state index contributed by atoms with van der Waals surface area (Å²) in [6, 6.07) is 11.0. The molecule has 1 aliphatic heterocycles. The van der Waals surface area contributed by atoms with E-state index in [9.17, 15) is 18.0 Å². The number of piperazine rings is 1. The van der Waals surface area contributed by atoms with E-state index in [1.165, 1.54) is 10.4 Å². The molecule has 0 saturated carbocycles. The number of esters is 1. The predicted octanol–water partition coefficient (Wildman–Crippen LogP) is 2.36. The van der Waals surface area contributed by atoms with E-state index < -0.39 is 21.9 Å². The molecule has 9 heteroatoms. The van der Waals surface area contributed by atoms with Gasteiger partial charge in [-0.1, -0.05) is 6.07 Å². The quantitative estimate of drug-likeness (QED) is 0.686. The lowest BCUT2D eigenvalue weighted by Crippen LogP contribution is -2.47. The minimum atomic E-state index is -3.69. The zero-order valence-corrected chi connectivity index (χ0v) is 18.7. The molecule has 0 unspecified atom stereocenters. The Hall–Kier alpha value is -2.75. The van der Waals surface area contributed by atoms with Crippen molar-refractivity contribution in [2.24, 2.45) is 0 Å². The lowest BCUT2D eigenvalue weighted by Gasteiger charge is -2.32. The van der Waals surface area contributed by atoms with Gasteiger partial charge in [0.05, 0.1) is 17.1 Å². The van der Waals surface area contributed by atoms with Crippen LogP contribution in [-0.2, 0) is 14.8 Å². The SMILES string of the molecule is CCOC(=O)c1ccc(NC(=O)c2ccc(C)c(S(=O)(=O)N3CCN(C)CC3)c2)cc1. The van der Waals surface area contributed by atoms with Crippen molar-refractivity contribution in [2.45, 2.75) is 18.7 Å². The fourth-order valence-electron chi connectivity index (χ4n) is 3.29. The molecular formula is C22H27N3O5S. The summed E-state index contributed by atoms with van der Waals surface area (Å²) in [4.78, 5) is 26.7. The average molecular weight is 446 g/mol. The first-order valence-corrected chi connectivity index (χ1v) is 11.5. The molecule has 166 valence electrons. The summed E-state index contributed by atoms with van der Waals surface area (Å²) in [5.74, 6) is -0.864. The molecule has 0 aliphatic carbocycles. The summed E-state index contributed by atoms with van der Waals surface area (Å²) in [6.45, 7) is 5.90. The molecule has 1 aliphatic rings. The van der Waals surface area contributed by atoms with Crippen LogP contribution in [0.1, 0.15) is 33.2 Å². The Balaban J connectivity index is 1.78. The second-order valence-corrected chi connectivity index (χ2v) is 9.35. The van der Waals surface area contributed by atoms with Gasteiger partial charge in [0.15, 0.2) is 0 Å². The monoisotopic (exact) mass is 445 g/mol. The minimum Gasteiger partial charge on any atom is -0.462 e. The second-order valence-electron chi connectivity index (χ2n) is 7.44. The highest BCUT2D eigenvalue weighted by molar-refractivity contribution is 7.89. The smallest absolute Gasteiger partial charge is 0.338 e. The van der Waals surface area contributed by atoms with E-state index in [1.54, 1.807) is 50.2 Å². The van der Waals surface area contributed by atoms with Gasteiger partial charge < -0.3 is 15.0 Å². The van der Waals surface area contributed by atoms with Crippen molar-refractivity contribution in [1.82, 2.24) is 9.21 Å². The Morgan fingerprint density at radius 1 is 1.00 bits per heavy atom. The average Bonchev–Trinajstić information content (AvgIpc) is 2.75. The van der Waals surface area contributed by atoms with Gasteiger partial charge in [-0.15, -0.1) is 0 Å². The topological polar surface area (TPSA) is 96.0 Å². The standard InChI is InChI=1S/C22H27N3O5S/c1-4-30-22(27)17-7-9-19(10-8-17)23-21(26)18-6-5-16(2)20(15-18)31(28,29)25-13-11-24(3)12-14-25/h5-10,15H,4,11-14H2,1-3H3,(H,23,26). The number of nitrogens with one attached hydrogen (secondary N) is 1. The Bertz CT molecular complexity index is 1060. The van der Waals surface area contributed by atoms with Crippen molar-refractivity contribution in [1.29, 1.82) is 0 Å². The summed E-state index contributed by atoms with van der Waals surface area (Å²) < 4.78 is 32.7. The molecule has 0 atom stereocenters. The normalized spacial score (nSPS) is 15.5. The lowest BCUT2D eigenvalue weighted by atomic mass is 10.1. The van der Waals surface area contributed by atoms with Gasteiger partial charge in [0.2, 0.25) is 10.0 Å². The van der Waals surface area contributed by atoms with Gasteiger partial charge in [-0.3, -0.25) is 4.79 Å². The first kappa shape index (κ1) is 22.9. The maximum atomic E-state index is 13.1. The molecule has 31 heavy (non-hydrogen) atoms. The van der Waals surface area contributed by atoms with Crippen LogP contribution >= 0.6 is 0 Å². The number of benzene rings is 2. The maximum absolute atomic E-state index is 13.1. The second kappa shape index (κ2) is 9.59. The molecule has 0 bridgehead atoms. The summed E-state index contributed by atoms with van der Waals surface area (Å²) in [5, 5.41) is 2.73. The van der Waals surface area contributed by atoms with Crippen molar-refractivity contribution in [2.75, 3.05) is 45.2 Å². The van der Waals surface area contributed by atoms with Crippen LogP contribution in [0.25, 0.3) is 0 Å². The fraction of sp³-hybridized carbons (Fsp3) is 0.364. The molecule has 1 heterocycles. The number of hydrogen-bond acceptors (Lipinski definition) is 6. The molecule has 1 amide bonds. The number of amides is 1. The molecule has 1 saturated heterocycles. The first-order valence-electron chi connectivity index (χ1n) is 10.1. The van der Waals surface area contributed by atoms with E-state index in [0.29, 0.717) is 43.0 Å². The Morgan fingerprint density at radius 2 is 1.61 bits per heavy atom. The maximum Gasteiger partial charge on any atom is 0.338 e. The van der Waals surface area contributed by atoms with E-state index in [1.807, 2.05) is 7.05 Å². The Morgan fingerprint density at radius 3 is 2.23 bits per heavy atom. The number of carbonyl (C=O) groups excluding carboxylic acids is 2. The van der Waals surface area contributed by atoms with E-state index in [4.69, 9.17) is 4.74 Å². The number of ether oxygens (including phenoxy) is 1. The number of carbonyl (C=O) groups is 2. The van der Waals surface area contributed by atoms with Crippen LogP contribution in [0, 0.1) is 6.92 Å². The van der Waals surface area contributed by atoms with E-state index in [0.717, 1.165) is 0 Å². The predicted molar refractivity (Wildman–Crippen MR) is 118 cm³/mol. The highest BCUT2D eigenvalue weighted by atomic mass is 32.2. The van der Waals surface area contributed by atoms with Crippen LogP contribution in [0.3, 0.4) is 0 Å². The lowest BCUT2D eigenvalue weighted by molar-refractivity contribution is 0.0526. The van der Waals surface area contributed by atoms with Gasteiger partial charge in [0.1, 0.15) is 0 Å². The first-order chi connectivity index (χ1) is 14.7. The summed E-state index contributed by atoms with van der Waals surface area (Å²) in [5.41, 5.74) is 1.71. The van der Waals surface area contributed by atoms with Crippen LogP contribution in [0.5, 0.6) is 0 Å². The van der Waals surface area contributed by atoms with Crippen molar-refractivity contribution in [3.05, 3.63) is 59.2 Å². The van der Waals surface area contributed by atoms with Crippen molar-refractivity contribution in [3.63, 3.8) is 0 Å². The Kier molecular flexibility index (Phi) is 7.09. The molecule has 0 spiro atoms. The molecule has 3 rings (SSSR count). The third-order valence-corrected chi connectivity index (χ3v) is 7.22. The van der Waals surface area contributed by atoms with Gasteiger partial charge in [-0.2, -0.15) is 4.31 Å². The van der Waals surface area contributed by atoms with E-state index in [-0.39, 0.29) is 17.1 Å². The van der Waals surface area contributed by atoms with Crippen LogP contribution < -0.4 is 5.32 Å². The highest BCUT2D eigenvalue weighted by Crippen LogP contribution is 2.23. The number of aryl methyl sites for hydroxylation is 1. The molecule has 8 nitrogen and oxygen atoms in total. The van der Waals surface area contributed by atoms with Gasteiger partial charge in [0.25, 0.3) is 5.91 Å². The molecule has 2 aromatic rings. The van der Waals surface area contributed by atoms with E-state index >= 15 is 0 Å². The number of anilines is 1. The fourth-order valence-corrected chi connectivity index (χ4v) is 4.97. The zero-order chi connectivity index (χ0) is 22.6. The van der Waals surface area contributed by atoms with Crippen LogP contribution in [-0.4, -0.2) is 69.3 Å². The molecule has 1 fully saturated rings. The Labute approximate surface area is 182 Å². The van der Waals surface area contributed by atoms with Crippen molar-refractivity contribution >= 4 is 27.6 Å². The van der Waals surface area contributed by atoms with Gasteiger partial charge in [0, 0.05) is 37.4 Å². The molecular weight excluding hydrogens is 418 g/mol. The zero-order valence-electron chi connectivity index (χ0n) is 17.9.